The lowest BCUT2D eigenvalue weighted by Gasteiger charge is -2.12. The highest BCUT2D eigenvalue weighted by atomic mass is 17.1. The second-order valence-corrected chi connectivity index (χ2v) is 10.7. The van der Waals surface area contributed by atoms with Gasteiger partial charge in [-0.1, -0.05) is 17.7 Å². The number of azo groups is 2. The molecule has 0 radical (unpaired) electrons. The van der Waals surface area contributed by atoms with E-state index in [1.165, 1.54) is 13.2 Å². The van der Waals surface area contributed by atoms with Gasteiger partial charge in [0.1, 0.15) is 24.7 Å². The number of carboxylic acid groups (broad SMARTS) is 1. The van der Waals surface area contributed by atoms with Crippen LogP contribution in [0.4, 0.5) is 46.0 Å². The van der Waals surface area contributed by atoms with Crippen LogP contribution in [0.25, 0.3) is 0 Å². The Kier molecular flexibility index (Phi) is 11.3. The van der Waals surface area contributed by atoms with E-state index in [-0.39, 0.29) is 36.4 Å². The SMILES string of the molecule is COc1cc(N=Nc2cc(COO)cc(COO)c2)ccc1Nc1nc(O)nc(Nc2ccc(N=Nc3ccc(C)cc3C(=O)O)c(C)c2)n1. The van der Waals surface area contributed by atoms with Gasteiger partial charge in [0.15, 0.2) is 0 Å². The highest BCUT2D eigenvalue weighted by molar-refractivity contribution is 5.93. The molecular weight excluding hydrogens is 650 g/mol. The first-order valence-corrected chi connectivity index (χ1v) is 14.7. The molecule has 0 saturated heterocycles. The van der Waals surface area contributed by atoms with Crippen molar-refractivity contribution >= 4 is 52.0 Å². The number of carbonyl (C=O) groups is 1. The molecule has 1 aromatic heterocycles. The number of nitrogens with zero attached hydrogens (tertiary/aromatic N) is 7. The first kappa shape index (κ1) is 34.9. The number of hydrogen-bond donors (Lipinski definition) is 6. The minimum atomic E-state index is -1.09. The largest absolute Gasteiger partial charge is 0.494 e. The number of anilines is 4. The van der Waals surface area contributed by atoms with Gasteiger partial charge >= 0.3 is 12.0 Å². The van der Waals surface area contributed by atoms with E-state index in [0.29, 0.717) is 45.3 Å². The molecule has 0 fully saturated rings. The Morgan fingerprint density at radius 3 is 2.06 bits per heavy atom. The number of aromatic nitrogens is 3. The van der Waals surface area contributed by atoms with E-state index >= 15 is 0 Å². The predicted octanol–water partition coefficient (Wildman–Crippen LogP) is 8.20. The van der Waals surface area contributed by atoms with E-state index < -0.39 is 12.0 Å². The molecule has 0 aliphatic rings. The molecule has 5 rings (SSSR count). The summed E-state index contributed by atoms with van der Waals surface area (Å²) in [5.74, 6) is -0.660. The van der Waals surface area contributed by atoms with Crippen molar-refractivity contribution in [3.05, 3.63) is 101 Å². The normalized spacial score (nSPS) is 11.3. The maximum absolute atomic E-state index is 11.6. The minimum Gasteiger partial charge on any atom is -0.494 e. The van der Waals surface area contributed by atoms with Gasteiger partial charge in [0.25, 0.3) is 0 Å². The molecule has 0 atom stereocenters. The monoisotopic (exact) mass is 681 g/mol. The molecule has 5 aromatic rings. The highest BCUT2D eigenvalue weighted by Gasteiger charge is 2.13. The number of aromatic carboxylic acids is 1. The molecule has 0 spiro atoms. The number of hydrogen-bond acceptors (Lipinski definition) is 16. The van der Waals surface area contributed by atoms with Crippen LogP contribution >= 0.6 is 0 Å². The number of benzene rings is 4. The van der Waals surface area contributed by atoms with E-state index in [4.69, 9.17) is 15.3 Å². The molecule has 256 valence electrons. The van der Waals surface area contributed by atoms with Crippen molar-refractivity contribution in [2.24, 2.45) is 20.5 Å². The zero-order valence-electron chi connectivity index (χ0n) is 26.9. The van der Waals surface area contributed by atoms with Crippen molar-refractivity contribution in [3.63, 3.8) is 0 Å². The number of carboxylic acids is 1. The molecule has 17 nitrogen and oxygen atoms in total. The number of methoxy groups -OCH3 is 1. The van der Waals surface area contributed by atoms with Crippen LogP contribution in [-0.2, 0) is 23.0 Å². The number of nitrogens with one attached hydrogen (secondary N) is 2. The van der Waals surface area contributed by atoms with Gasteiger partial charge in [-0.2, -0.15) is 30.3 Å². The van der Waals surface area contributed by atoms with Gasteiger partial charge in [0.2, 0.25) is 11.9 Å². The van der Waals surface area contributed by atoms with Crippen molar-refractivity contribution in [3.8, 4) is 11.8 Å². The lowest BCUT2D eigenvalue weighted by atomic mass is 10.1. The fourth-order valence-corrected chi connectivity index (χ4v) is 4.66. The molecular formula is C33H31N9O8. The van der Waals surface area contributed by atoms with Gasteiger partial charge < -0.3 is 25.6 Å². The molecule has 6 N–H and O–H groups in total. The summed E-state index contributed by atoms with van der Waals surface area (Å²) in [6, 6.07) is 19.5. The summed E-state index contributed by atoms with van der Waals surface area (Å²) in [4.78, 5) is 32.3. The van der Waals surface area contributed by atoms with E-state index in [1.807, 2.05) is 6.92 Å². The van der Waals surface area contributed by atoms with Gasteiger partial charge in [-0.15, -0.1) is 5.11 Å². The summed E-state index contributed by atoms with van der Waals surface area (Å²) < 4.78 is 5.52. The van der Waals surface area contributed by atoms with E-state index in [0.717, 1.165) is 11.1 Å². The second kappa shape index (κ2) is 16.1. The Balaban J connectivity index is 1.30. The third-order valence-electron chi connectivity index (χ3n) is 6.94. The highest BCUT2D eigenvalue weighted by Crippen LogP contribution is 2.33. The molecule has 4 aromatic carbocycles. The molecule has 0 unspecified atom stereocenters. The van der Waals surface area contributed by atoms with Crippen LogP contribution in [0, 0.1) is 13.8 Å². The topological polar surface area (TPSA) is 238 Å². The fourth-order valence-electron chi connectivity index (χ4n) is 4.66. The van der Waals surface area contributed by atoms with Crippen LogP contribution in [0.5, 0.6) is 11.8 Å². The van der Waals surface area contributed by atoms with Gasteiger partial charge in [-0.25, -0.2) is 14.6 Å². The molecule has 0 aliphatic carbocycles. The van der Waals surface area contributed by atoms with Crippen LogP contribution in [0.2, 0.25) is 0 Å². The van der Waals surface area contributed by atoms with Crippen molar-refractivity contribution in [2.75, 3.05) is 17.7 Å². The Labute approximate surface area is 284 Å². The summed E-state index contributed by atoms with van der Waals surface area (Å²) in [5.41, 5.74) is 5.43. The standard InChI is InChI=1S/C33H31N9O8/c1-18-4-7-27(25(10-18)30(43)44)42-41-26-8-5-22(11-19(26)2)34-31-36-32(38-33(45)37-31)35-28-9-6-23(15-29(28)48-3)39-40-24-13-20(16-49-46)12-21(14-24)17-50-47/h4-15,46-47H,16-17H2,1-3H3,(H,43,44)(H3,34,35,36,37,38,45). The Bertz CT molecular complexity index is 2050. The Hall–Kier alpha value is -6.40. The Morgan fingerprint density at radius 1 is 0.740 bits per heavy atom. The molecule has 0 saturated carbocycles. The molecule has 50 heavy (non-hydrogen) atoms. The Morgan fingerprint density at radius 2 is 1.40 bits per heavy atom. The van der Waals surface area contributed by atoms with Crippen LogP contribution in [0.3, 0.4) is 0 Å². The van der Waals surface area contributed by atoms with Crippen LogP contribution < -0.4 is 15.4 Å². The van der Waals surface area contributed by atoms with E-state index in [1.54, 1.807) is 73.7 Å². The predicted molar refractivity (Wildman–Crippen MR) is 180 cm³/mol. The summed E-state index contributed by atoms with van der Waals surface area (Å²) in [6.45, 7) is 3.43. The maximum Gasteiger partial charge on any atom is 0.337 e. The first-order chi connectivity index (χ1) is 24.1. The smallest absolute Gasteiger partial charge is 0.337 e. The first-order valence-electron chi connectivity index (χ1n) is 14.7. The minimum absolute atomic E-state index is 0.0173. The zero-order chi connectivity index (χ0) is 35.6. The molecule has 0 bridgehead atoms. The van der Waals surface area contributed by atoms with Crippen molar-refractivity contribution in [2.45, 2.75) is 27.1 Å². The van der Waals surface area contributed by atoms with Gasteiger partial charge in [-0.3, -0.25) is 10.5 Å². The fraction of sp³-hybridized carbons (Fsp3) is 0.152. The molecule has 0 aliphatic heterocycles. The van der Waals surface area contributed by atoms with Crippen LogP contribution in [-0.4, -0.2) is 48.8 Å². The van der Waals surface area contributed by atoms with Gasteiger partial charge in [0, 0.05) is 11.8 Å². The summed E-state index contributed by atoms with van der Waals surface area (Å²) >= 11 is 0. The van der Waals surface area contributed by atoms with Crippen LogP contribution in [0.1, 0.15) is 32.6 Å². The second-order valence-electron chi connectivity index (χ2n) is 10.7. The number of aryl methyl sites for hydroxylation is 2. The summed E-state index contributed by atoms with van der Waals surface area (Å²) in [5, 5.41) is 60.2. The lowest BCUT2D eigenvalue weighted by Crippen LogP contribution is -2.04. The molecule has 17 heteroatoms. The van der Waals surface area contributed by atoms with Crippen molar-refractivity contribution in [1.29, 1.82) is 0 Å². The third kappa shape index (κ3) is 9.14. The molecule has 0 amide bonds. The van der Waals surface area contributed by atoms with Crippen molar-refractivity contribution < 1.29 is 40.0 Å². The van der Waals surface area contributed by atoms with Gasteiger partial charge in [-0.05, 0) is 85.1 Å². The quantitative estimate of drug-likeness (QED) is 0.0368. The zero-order valence-corrected chi connectivity index (χ0v) is 26.9. The van der Waals surface area contributed by atoms with E-state index in [9.17, 15) is 15.0 Å². The molecule has 1 heterocycles. The van der Waals surface area contributed by atoms with Crippen molar-refractivity contribution in [1.82, 2.24) is 15.0 Å². The average Bonchev–Trinajstić information content (AvgIpc) is 3.08. The lowest BCUT2D eigenvalue weighted by molar-refractivity contribution is -0.254. The van der Waals surface area contributed by atoms with Gasteiger partial charge in [0.05, 0.1) is 35.4 Å². The number of aromatic hydroxyl groups is 1. The average molecular weight is 682 g/mol. The van der Waals surface area contributed by atoms with Crippen LogP contribution in [0.15, 0.2) is 93.3 Å². The number of rotatable bonds is 14. The summed E-state index contributed by atoms with van der Waals surface area (Å²) in [6.07, 6.45) is 0. The maximum atomic E-state index is 11.6. The number of ether oxygens (including phenoxy) is 1. The van der Waals surface area contributed by atoms with E-state index in [2.05, 4.69) is 55.8 Å². The third-order valence-corrected chi connectivity index (χ3v) is 6.94. The summed E-state index contributed by atoms with van der Waals surface area (Å²) in [7, 11) is 1.47.